The molecule has 5 nitrogen and oxygen atoms in total. The molecule has 2 aromatic rings. The molecule has 1 heterocycles. The monoisotopic (exact) mass is 366 g/mol. The summed E-state index contributed by atoms with van der Waals surface area (Å²) in [5, 5.41) is 15.3. The number of anilines is 1. The summed E-state index contributed by atoms with van der Waals surface area (Å²) in [4.78, 5) is 14.9. The molecule has 1 saturated heterocycles. The second-order valence-electron chi connectivity index (χ2n) is 6.84. The third-order valence-corrected chi connectivity index (χ3v) is 5.11. The molecule has 0 aromatic heterocycles. The van der Waals surface area contributed by atoms with Gasteiger partial charge in [0.05, 0.1) is 11.6 Å². The van der Waals surface area contributed by atoms with Crippen LogP contribution >= 0.6 is 0 Å². The molecule has 0 spiro atoms. The van der Waals surface area contributed by atoms with Crippen LogP contribution in [-0.2, 0) is 11.3 Å². The van der Waals surface area contributed by atoms with Gasteiger partial charge < -0.3 is 10.6 Å². The lowest BCUT2D eigenvalue weighted by Gasteiger charge is -2.41. The van der Waals surface area contributed by atoms with E-state index < -0.39 is 5.54 Å². The number of amides is 1. The number of hydrogen-bond acceptors (Lipinski definition) is 4. The number of nitriles is 1. The highest BCUT2D eigenvalue weighted by Crippen LogP contribution is 2.29. The summed E-state index contributed by atoms with van der Waals surface area (Å²) >= 11 is 0. The van der Waals surface area contributed by atoms with Gasteiger partial charge in [0.2, 0.25) is 5.91 Å². The number of carbonyl (C=O) groups is 1. The summed E-state index contributed by atoms with van der Waals surface area (Å²) in [6.07, 6.45) is 1.19. The number of likely N-dealkylation sites (N-methyl/N-ethyl adjacent to an activating group) is 1. The molecule has 1 amide bonds. The van der Waals surface area contributed by atoms with Gasteiger partial charge in [-0.2, -0.15) is 5.26 Å². The van der Waals surface area contributed by atoms with E-state index in [1.165, 1.54) is 12.1 Å². The van der Waals surface area contributed by atoms with Gasteiger partial charge in [-0.3, -0.25) is 9.69 Å². The third kappa shape index (κ3) is 4.26. The summed E-state index contributed by atoms with van der Waals surface area (Å²) in [5.41, 5.74) is 1.50. The maximum Gasteiger partial charge on any atom is 0.245 e. The van der Waals surface area contributed by atoms with Crippen molar-refractivity contribution in [2.75, 3.05) is 25.5 Å². The Balaban J connectivity index is 1.72. The van der Waals surface area contributed by atoms with Crippen LogP contribution in [0.15, 0.2) is 48.5 Å². The van der Waals surface area contributed by atoms with Crippen molar-refractivity contribution < 1.29 is 9.18 Å². The molecule has 1 aliphatic rings. The summed E-state index contributed by atoms with van der Waals surface area (Å²) in [6.45, 7) is 2.08. The van der Waals surface area contributed by atoms with Gasteiger partial charge >= 0.3 is 0 Å². The van der Waals surface area contributed by atoms with E-state index in [1.807, 2.05) is 24.3 Å². The van der Waals surface area contributed by atoms with Crippen molar-refractivity contribution in [1.82, 2.24) is 10.2 Å². The summed E-state index contributed by atoms with van der Waals surface area (Å²) in [5.74, 6) is -0.429. The topological polar surface area (TPSA) is 68.2 Å². The molecule has 27 heavy (non-hydrogen) atoms. The van der Waals surface area contributed by atoms with E-state index in [-0.39, 0.29) is 11.7 Å². The zero-order valence-electron chi connectivity index (χ0n) is 15.3. The number of piperidine rings is 1. The Hall–Kier alpha value is -2.91. The minimum absolute atomic E-state index is 0.0937. The Bertz CT molecular complexity index is 853. The summed E-state index contributed by atoms with van der Waals surface area (Å²) < 4.78 is 13.5. The predicted octanol–water partition coefficient (Wildman–Crippen LogP) is 2.89. The van der Waals surface area contributed by atoms with Crippen LogP contribution in [0.25, 0.3) is 0 Å². The molecule has 0 bridgehead atoms. The van der Waals surface area contributed by atoms with Crippen LogP contribution < -0.4 is 10.6 Å². The minimum Gasteiger partial charge on any atom is -0.371 e. The number of carbonyl (C=O) groups excluding carboxylic acids is 1. The lowest BCUT2D eigenvalue weighted by molar-refractivity contribution is -0.126. The molecule has 1 fully saturated rings. The summed E-state index contributed by atoms with van der Waals surface area (Å²) in [6, 6.07) is 16.0. The average molecular weight is 366 g/mol. The fraction of sp³-hybridized carbons (Fsp3) is 0.333. The maximum atomic E-state index is 13.5. The van der Waals surface area contributed by atoms with E-state index in [0.717, 1.165) is 5.56 Å². The molecule has 2 N–H and O–H groups in total. The van der Waals surface area contributed by atoms with Gasteiger partial charge in [0, 0.05) is 32.4 Å². The van der Waals surface area contributed by atoms with Crippen molar-refractivity contribution in [2.45, 2.75) is 24.9 Å². The highest BCUT2D eigenvalue weighted by atomic mass is 19.1. The van der Waals surface area contributed by atoms with Crippen LogP contribution in [0.4, 0.5) is 10.1 Å². The SMILES string of the molecule is CNC(=O)C1(Nc2cccc(F)c2)CCN(Cc2ccccc2C#N)CC1. The number of hydrogen-bond donors (Lipinski definition) is 2. The first kappa shape index (κ1) is 18.9. The van der Waals surface area contributed by atoms with Gasteiger partial charge in [-0.05, 0) is 42.7 Å². The molecule has 1 aliphatic heterocycles. The quantitative estimate of drug-likeness (QED) is 0.854. The van der Waals surface area contributed by atoms with Crippen LogP contribution in [0.2, 0.25) is 0 Å². The van der Waals surface area contributed by atoms with Crippen LogP contribution in [0.3, 0.4) is 0 Å². The smallest absolute Gasteiger partial charge is 0.245 e. The average Bonchev–Trinajstić information content (AvgIpc) is 2.69. The number of nitrogens with zero attached hydrogens (tertiary/aromatic N) is 2. The Morgan fingerprint density at radius 1 is 1.22 bits per heavy atom. The van der Waals surface area contributed by atoms with E-state index in [4.69, 9.17) is 0 Å². The molecule has 0 radical (unpaired) electrons. The second kappa shape index (κ2) is 8.19. The molecule has 0 unspecified atom stereocenters. The van der Waals surface area contributed by atoms with E-state index in [9.17, 15) is 14.4 Å². The van der Waals surface area contributed by atoms with E-state index in [2.05, 4.69) is 21.6 Å². The molecule has 6 heteroatoms. The fourth-order valence-corrected chi connectivity index (χ4v) is 3.59. The Morgan fingerprint density at radius 2 is 1.96 bits per heavy atom. The number of benzene rings is 2. The van der Waals surface area contributed by atoms with E-state index in [1.54, 1.807) is 19.2 Å². The first-order valence-electron chi connectivity index (χ1n) is 9.02. The zero-order chi connectivity index (χ0) is 19.3. The molecule has 0 aliphatic carbocycles. The molecule has 0 saturated carbocycles. The fourth-order valence-electron chi connectivity index (χ4n) is 3.59. The van der Waals surface area contributed by atoms with Crippen molar-refractivity contribution >= 4 is 11.6 Å². The van der Waals surface area contributed by atoms with Crippen LogP contribution in [0.1, 0.15) is 24.0 Å². The summed E-state index contributed by atoms with van der Waals surface area (Å²) in [7, 11) is 1.62. The standard InChI is InChI=1S/C21H23FN4O/c1-24-20(27)21(25-19-8-4-7-18(22)13-19)9-11-26(12-10-21)15-17-6-3-2-5-16(17)14-23/h2-8,13,25H,9-12,15H2,1H3,(H,24,27). The molecular weight excluding hydrogens is 343 g/mol. The van der Waals surface area contributed by atoms with Gasteiger partial charge in [-0.25, -0.2) is 4.39 Å². The Labute approximate surface area is 158 Å². The van der Waals surface area contributed by atoms with Crippen LogP contribution in [0, 0.1) is 17.1 Å². The normalized spacial score (nSPS) is 16.3. The Kier molecular flexibility index (Phi) is 5.72. The molecular formula is C21H23FN4O. The lowest BCUT2D eigenvalue weighted by atomic mass is 9.85. The molecule has 140 valence electrons. The van der Waals surface area contributed by atoms with Crippen LogP contribution in [0.5, 0.6) is 0 Å². The lowest BCUT2D eigenvalue weighted by Crippen LogP contribution is -2.57. The van der Waals surface area contributed by atoms with Crippen molar-refractivity contribution in [1.29, 1.82) is 5.26 Å². The van der Waals surface area contributed by atoms with Gasteiger partial charge in [-0.1, -0.05) is 24.3 Å². The maximum absolute atomic E-state index is 13.5. The first-order valence-corrected chi connectivity index (χ1v) is 9.02. The second-order valence-corrected chi connectivity index (χ2v) is 6.84. The third-order valence-electron chi connectivity index (χ3n) is 5.11. The van der Waals surface area contributed by atoms with Crippen molar-refractivity contribution in [3.63, 3.8) is 0 Å². The van der Waals surface area contributed by atoms with Gasteiger partial charge in [0.1, 0.15) is 11.4 Å². The van der Waals surface area contributed by atoms with Gasteiger partial charge in [-0.15, -0.1) is 0 Å². The predicted molar refractivity (Wildman–Crippen MR) is 102 cm³/mol. The van der Waals surface area contributed by atoms with Gasteiger partial charge in [0.15, 0.2) is 0 Å². The number of likely N-dealkylation sites (tertiary alicyclic amines) is 1. The highest BCUT2D eigenvalue weighted by molar-refractivity contribution is 5.89. The van der Waals surface area contributed by atoms with Crippen molar-refractivity contribution in [3.05, 3.63) is 65.5 Å². The van der Waals surface area contributed by atoms with Crippen LogP contribution in [-0.4, -0.2) is 36.5 Å². The molecule has 2 aromatic carbocycles. The number of nitrogens with one attached hydrogen (secondary N) is 2. The van der Waals surface area contributed by atoms with Gasteiger partial charge in [0.25, 0.3) is 0 Å². The van der Waals surface area contributed by atoms with Crippen molar-refractivity contribution in [2.24, 2.45) is 0 Å². The minimum atomic E-state index is -0.770. The first-order chi connectivity index (χ1) is 13.1. The van der Waals surface area contributed by atoms with E-state index in [0.29, 0.717) is 43.7 Å². The highest BCUT2D eigenvalue weighted by Gasteiger charge is 2.41. The zero-order valence-corrected chi connectivity index (χ0v) is 15.3. The van der Waals surface area contributed by atoms with E-state index >= 15 is 0 Å². The number of halogens is 1. The van der Waals surface area contributed by atoms with Crippen molar-refractivity contribution in [3.8, 4) is 6.07 Å². The largest absolute Gasteiger partial charge is 0.371 e. The molecule has 3 rings (SSSR count). The number of rotatable bonds is 5. The molecule has 0 atom stereocenters. The Morgan fingerprint density at radius 3 is 2.63 bits per heavy atom.